The fourth-order valence-electron chi connectivity index (χ4n) is 3.77. The van der Waals surface area contributed by atoms with Crippen molar-refractivity contribution in [1.82, 2.24) is 14.8 Å². The van der Waals surface area contributed by atoms with E-state index in [2.05, 4.69) is 10.3 Å². The van der Waals surface area contributed by atoms with Gasteiger partial charge in [0.25, 0.3) is 5.91 Å². The van der Waals surface area contributed by atoms with Crippen LogP contribution in [0.1, 0.15) is 15.9 Å². The number of carbonyl (C=O) groups is 2. The number of pyridine rings is 1. The van der Waals surface area contributed by atoms with Gasteiger partial charge >= 0.3 is 6.03 Å². The molecule has 1 aromatic heterocycles. The molecule has 0 spiro atoms. The van der Waals surface area contributed by atoms with Crippen molar-refractivity contribution in [2.24, 2.45) is 0 Å². The first-order valence-electron chi connectivity index (χ1n) is 10.8. The lowest BCUT2D eigenvalue weighted by molar-refractivity contribution is 0.0671. The summed E-state index contributed by atoms with van der Waals surface area (Å²) in [5.41, 5.74) is 3.59. The van der Waals surface area contributed by atoms with Crippen molar-refractivity contribution < 1.29 is 14.0 Å². The monoisotopic (exact) mass is 447 g/mol. The van der Waals surface area contributed by atoms with Crippen LogP contribution in [0.3, 0.4) is 0 Å². The first-order chi connectivity index (χ1) is 15.9. The molecule has 1 saturated heterocycles. The number of rotatable bonds is 4. The first kappa shape index (κ1) is 22.3. The molecule has 8 heteroatoms. The maximum Gasteiger partial charge on any atom is 0.322 e. The number of nitrogens with one attached hydrogen (secondary N) is 1. The average Bonchev–Trinajstić information content (AvgIpc) is 2.86. The predicted molar refractivity (Wildman–Crippen MR) is 126 cm³/mol. The zero-order chi connectivity index (χ0) is 23.4. The van der Waals surface area contributed by atoms with Gasteiger partial charge in [-0.25, -0.2) is 9.18 Å². The average molecular weight is 448 g/mol. The molecule has 0 aliphatic carbocycles. The van der Waals surface area contributed by atoms with Crippen LogP contribution in [-0.2, 0) is 0 Å². The van der Waals surface area contributed by atoms with Gasteiger partial charge in [-0.3, -0.25) is 9.78 Å². The molecule has 1 aliphatic heterocycles. The zero-order valence-corrected chi connectivity index (χ0v) is 18.7. The number of benzene rings is 2. The van der Waals surface area contributed by atoms with Gasteiger partial charge in [-0.05, 0) is 61.0 Å². The van der Waals surface area contributed by atoms with Crippen molar-refractivity contribution in [2.75, 3.05) is 43.4 Å². The molecule has 170 valence electrons. The summed E-state index contributed by atoms with van der Waals surface area (Å²) in [5.74, 6) is -0.543. The number of aryl methyl sites for hydroxylation is 1. The SMILES string of the molecule is Cc1ccc(F)c(NC(=O)N2CCN(C(=O)c3ccc(N(C)c4ccncc4)cc3)CC2)c1. The smallest absolute Gasteiger partial charge is 0.322 e. The lowest BCUT2D eigenvalue weighted by Gasteiger charge is -2.34. The molecule has 2 heterocycles. The molecule has 3 amide bonds. The summed E-state index contributed by atoms with van der Waals surface area (Å²) in [4.78, 5) is 34.8. The third-order valence-electron chi connectivity index (χ3n) is 5.77. The molecule has 0 bridgehead atoms. The van der Waals surface area contributed by atoms with Crippen LogP contribution in [0.2, 0.25) is 0 Å². The number of aromatic nitrogens is 1. The molecule has 33 heavy (non-hydrogen) atoms. The summed E-state index contributed by atoms with van der Waals surface area (Å²) in [6.07, 6.45) is 3.47. The Hall–Kier alpha value is -3.94. The number of piperazine rings is 1. The maximum atomic E-state index is 13.9. The highest BCUT2D eigenvalue weighted by Crippen LogP contribution is 2.23. The molecule has 2 aromatic carbocycles. The van der Waals surface area contributed by atoms with Gasteiger partial charge in [-0.15, -0.1) is 0 Å². The van der Waals surface area contributed by atoms with E-state index in [0.717, 1.165) is 16.9 Å². The van der Waals surface area contributed by atoms with Crippen molar-refractivity contribution in [3.63, 3.8) is 0 Å². The Labute approximate surface area is 192 Å². The summed E-state index contributed by atoms with van der Waals surface area (Å²) in [6, 6.07) is 15.5. The van der Waals surface area contributed by atoms with E-state index < -0.39 is 5.82 Å². The Kier molecular flexibility index (Phi) is 6.53. The predicted octanol–water partition coefficient (Wildman–Crippen LogP) is 4.29. The molecular formula is C25H26FN5O2. The van der Waals surface area contributed by atoms with Crippen LogP contribution in [0, 0.1) is 12.7 Å². The van der Waals surface area contributed by atoms with Gasteiger partial charge < -0.3 is 20.0 Å². The molecule has 1 aliphatic rings. The molecule has 0 unspecified atom stereocenters. The number of carbonyl (C=O) groups excluding carboxylic acids is 2. The second-order valence-corrected chi connectivity index (χ2v) is 8.00. The third-order valence-corrected chi connectivity index (χ3v) is 5.77. The molecule has 3 aromatic rings. The maximum absolute atomic E-state index is 13.9. The minimum atomic E-state index is -0.471. The van der Waals surface area contributed by atoms with Crippen LogP contribution in [0.5, 0.6) is 0 Å². The summed E-state index contributed by atoms with van der Waals surface area (Å²) >= 11 is 0. The number of hydrogen-bond acceptors (Lipinski definition) is 4. The lowest BCUT2D eigenvalue weighted by atomic mass is 10.1. The van der Waals surface area contributed by atoms with Crippen LogP contribution in [0.15, 0.2) is 67.0 Å². The fourth-order valence-corrected chi connectivity index (χ4v) is 3.77. The first-order valence-corrected chi connectivity index (χ1v) is 10.8. The molecule has 0 saturated carbocycles. The zero-order valence-electron chi connectivity index (χ0n) is 18.7. The molecular weight excluding hydrogens is 421 g/mol. The summed E-state index contributed by atoms with van der Waals surface area (Å²) < 4.78 is 13.9. The van der Waals surface area contributed by atoms with E-state index in [-0.39, 0.29) is 17.6 Å². The minimum Gasteiger partial charge on any atom is -0.345 e. The standard InChI is InChI=1S/C25H26FN5O2/c1-18-3-8-22(26)23(17-18)28-25(33)31-15-13-30(14-16-31)24(32)19-4-6-20(7-5-19)29(2)21-9-11-27-12-10-21/h3-12,17H,13-16H2,1-2H3,(H,28,33). The van der Waals surface area contributed by atoms with Gasteiger partial charge in [0.2, 0.25) is 0 Å². The Morgan fingerprint density at radius 3 is 2.18 bits per heavy atom. The van der Waals surface area contributed by atoms with Crippen LogP contribution in [-0.4, -0.2) is 59.9 Å². The van der Waals surface area contributed by atoms with Gasteiger partial charge in [0, 0.05) is 62.6 Å². The molecule has 1 fully saturated rings. The van der Waals surface area contributed by atoms with Crippen molar-refractivity contribution in [3.05, 3.63) is 83.9 Å². The third kappa shape index (κ3) is 5.11. The van der Waals surface area contributed by atoms with Gasteiger partial charge in [0.15, 0.2) is 0 Å². The highest BCUT2D eigenvalue weighted by Gasteiger charge is 2.25. The van der Waals surface area contributed by atoms with E-state index >= 15 is 0 Å². The Bertz CT molecular complexity index is 1130. The highest BCUT2D eigenvalue weighted by molar-refractivity contribution is 5.95. The van der Waals surface area contributed by atoms with Crippen LogP contribution in [0.4, 0.5) is 26.2 Å². The molecule has 4 rings (SSSR count). The number of anilines is 3. The van der Waals surface area contributed by atoms with Crippen molar-refractivity contribution in [1.29, 1.82) is 0 Å². The normalized spacial score (nSPS) is 13.5. The van der Waals surface area contributed by atoms with E-state index in [4.69, 9.17) is 0 Å². The van der Waals surface area contributed by atoms with Gasteiger partial charge in [-0.2, -0.15) is 0 Å². The molecule has 0 atom stereocenters. The topological polar surface area (TPSA) is 68.8 Å². The van der Waals surface area contributed by atoms with E-state index in [9.17, 15) is 14.0 Å². The van der Waals surface area contributed by atoms with Gasteiger partial charge in [0.05, 0.1) is 5.69 Å². The van der Waals surface area contributed by atoms with E-state index in [1.165, 1.54) is 6.07 Å². The van der Waals surface area contributed by atoms with Gasteiger partial charge in [0.1, 0.15) is 5.82 Å². The minimum absolute atomic E-state index is 0.0714. The second-order valence-electron chi connectivity index (χ2n) is 8.00. The summed E-state index contributed by atoms with van der Waals surface area (Å²) in [6.45, 7) is 3.44. The quantitative estimate of drug-likeness (QED) is 0.648. The summed E-state index contributed by atoms with van der Waals surface area (Å²) in [7, 11) is 1.96. The number of hydrogen-bond donors (Lipinski definition) is 1. The molecule has 7 nitrogen and oxygen atoms in total. The van der Waals surface area contributed by atoms with Crippen molar-refractivity contribution in [3.8, 4) is 0 Å². The highest BCUT2D eigenvalue weighted by atomic mass is 19.1. The van der Waals surface area contributed by atoms with Crippen LogP contribution >= 0.6 is 0 Å². The Balaban J connectivity index is 1.33. The van der Waals surface area contributed by atoms with E-state index in [1.54, 1.807) is 34.3 Å². The fraction of sp³-hybridized carbons (Fsp3) is 0.240. The number of nitrogens with zero attached hydrogens (tertiary/aromatic N) is 4. The van der Waals surface area contributed by atoms with Gasteiger partial charge in [-0.1, -0.05) is 6.07 Å². The van der Waals surface area contributed by atoms with Crippen LogP contribution in [0.25, 0.3) is 0 Å². The largest absolute Gasteiger partial charge is 0.345 e. The number of halogens is 1. The Morgan fingerprint density at radius 1 is 0.909 bits per heavy atom. The van der Waals surface area contributed by atoms with Crippen LogP contribution < -0.4 is 10.2 Å². The number of amides is 3. The van der Waals surface area contributed by atoms with E-state index in [0.29, 0.717) is 31.7 Å². The Morgan fingerprint density at radius 2 is 1.52 bits per heavy atom. The lowest BCUT2D eigenvalue weighted by Crippen LogP contribution is -2.51. The summed E-state index contributed by atoms with van der Waals surface area (Å²) in [5, 5.41) is 2.63. The van der Waals surface area contributed by atoms with Crippen molar-refractivity contribution in [2.45, 2.75) is 6.92 Å². The molecule has 0 radical (unpaired) electrons. The second kappa shape index (κ2) is 9.68. The molecule has 1 N–H and O–H groups in total. The number of urea groups is 1. The van der Waals surface area contributed by atoms with Crippen molar-refractivity contribution >= 4 is 29.0 Å². The van der Waals surface area contributed by atoms with E-state index in [1.807, 2.05) is 55.3 Å².